The standard InChI is InChI=1S/C18H26ClN5O5S/c1-5-7-30-17-22-14(19)11(24(26)27)15(23-17)21-10-8-9(16(25)20-6-2)12-13(10)29-18(3,4)28-12/h9-10,12-13H,5-8H2,1-4H3,(H,20,25)(H,21,22,23). The highest BCUT2D eigenvalue weighted by molar-refractivity contribution is 7.99. The second-order valence-corrected chi connectivity index (χ2v) is 9.07. The highest BCUT2D eigenvalue weighted by Gasteiger charge is 2.56. The van der Waals surface area contributed by atoms with Gasteiger partial charge in [-0.15, -0.1) is 0 Å². The minimum Gasteiger partial charge on any atom is -0.359 e. The molecule has 1 saturated heterocycles. The molecule has 0 aromatic carbocycles. The van der Waals surface area contributed by atoms with Crippen molar-refractivity contribution in [2.45, 2.75) is 69.7 Å². The van der Waals surface area contributed by atoms with Gasteiger partial charge in [0.25, 0.3) is 0 Å². The lowest BCUT2D eigenvalue weighted by molar-refractivity contribution is -0.384. The minimum absolute atomic E-state index is 0.0206. The fourth-order valence-electron chi connectivity index (χ4n) is 3.79. The second-order valence-electron chi connectivity index (χ2n) is 7.65. The van der Waals surface area contributed by atoms with E-state index in [0.29, 0.717) is 18.1 Å². The quantitative estimate of drug-likeness (QED) is 0.198. The number of carbonyl (C=O) groups is 1. The van der Waals surface area contributed by atoms with Crippen molar-refractivity contribution in [2.75, 3.05) is 17.6 Å². The Kier molecular flexibility index (Phi) is 7.05. The van der Waals surface area contributed by atoms with E-state index in [1.54, 1.807) is 13.8 Å². The predicted molar refractivity (Wildman–Crippen MR) is 113 cm³/mol. The summed E-state index contributed by atoms with van der Waals surface area (Å²) in [6.45, 7) is 7.91. The van der Waals surface area contributed by atoms with Crippen LogP contribution < -0.4 is 10.6 Å². The van der Waals surface area contributed by atoms with Crippen molar-refractivity contribution in [2.24, 2.45) is 5.92 Å². The molecule has 12 heteroatoms. The smallest absolute Gasteiger partial charge is 0.348 e. The van der Waals surface area contributed by atoms with E-state index in [1.165, 1.54) is 11.8 Å². The number of hydrogen-bond acceptors (Lipinski definition) is 9. The zero-order valence-electron chi connectivity index (χ0n) is 17.3. The third-order valence-electron chi connectivity index (χ3n) is 4.91. The van der Waals surface area contributed by atoms with Crippen LogP contribution in [0.2, 0.25) is 5.15 Å². The third kappa shape index (κ3) is 4.79. The molecule has 2 fully saturated rings. The van der Waals surface area contributed by atoms with Crippen molar-refractivity contribution < 1.29 is 19.2 Å². The summed E-state index contributed by atoms with van der Waals surface area (Å²) in [4.78, 5) is 31.9. The molecule has 1 amide bonds. The lowest BCUT2D eigenvalue weighted by Crippen LogP contribution is -2.37. The molecule has 0 radical (unpaired) electrons. The number of hydrogen-bond donors (Lipinski definition) is 2. The average molecular weight is 460 g/mol. The Labute approximate surface area is 184 Å². The van der Waals surface area contributed by atoms with Gasteiger partial charge in [0, 0.05) is 12.3 Å². The first-order valence-electron chi connectivity index (χ1n) is 9.91. The van der Waals surface area contributed by atoms with Crippen molar-refractivity contribution in [3.63, 3.8) is 0 Å². The number of nitro groups is 1. The molecule has 4 unspecified atom stereocenters. The van der Waals surface area contributed by atoms with Crippen LogP contribution in [0.3, 0.4) is 0 Å². The Morgan fingerprint density at radius 1 is 1.33 bits per heavy atom. The number of aromatic nitrogens is 2. The van der Waals surface area contributed by atoms with E-state index in [0.717, 1.165) is 12.2 Å². The summed E-state index contributed by atoms with van der Waals surface area (Å²) in [5, 5.41) is 17.7. The van der Waals surface area contributed by atoms with E-state index in [4.69, 9.17) is 21.1 Å². The highest BCUT2D eigenvalue weighted by Crippen LogP contribution is 2.44. The van der Waals surface area contributed by atoms with Crippen LogP contribution in [0.1, 0.15) is 40.5 Å². The van der Waals surface area contributed by atoms with E-state index in [-0.39, 0.29) is 16.9 Å². The van der Waals surface area contributed by atoms with Gasteiger partial charge in [-0.25, -0.2) is 4.98 Å². The SMILES string of the molecule is CCCSc1nc(Cl)c([N+](=O)[O-])c(NC2CC(C(=O)NCC)C3OC(C)(C)OC23)n1. The van der Waals surface area contributed by atoms with Crippen LogP contribution in [-0.2, 0) is 14.3 Å². The lowest BCUT2D eigenvalue weighted by atomic mass is 10.0. The molecule has 1 aliphatic carbocycles. The number of nitrogens with zero attached hydrogens (tertiary/aromatic N) is 3. The molecule has 1 aromatic heterocycles. The number of anilines is 1. The molecule has 2 heterocycles. The van der Waals surface area contributed by atoms with Crippen molar-refractivity contribution >= 4 is 40.8 Å². The van der Waals surface area contributed by atoms with Gasteiger partial charge in [0.15, 0.2) is 10.9 Å². The van der Waals surface area contributed by atoms with Gasteiger partial charge in [-0.2, -0.15) is 4.98 Å². The minimum atomic E-state index is -0.863. The van der Waals surface area contributed by atoms with E-state index >= 15 is 0 Å². The maximum Gasteiger partial charge on any atom is 0.348 e. The fourth-order valence-corrected chi connectivity index (χ4v) is 4.78. The van der Waals surface area contributed by atoms with Gasteiger partial charge in [-0.05, 0) is 33.6 Å². The Bertz CT molecular complexity index is 826. The van der Waals surface area contributed by atoms with Crippen molar-refractivity contribution in [3.05, 3.63) is 15.3 Å². The monoisotopic (exact) mass is 459 g/mol. The van der Waals surface area contributed by atoms with Crippen molar-refractivity contribution in [1.82, 2.24) is 15.3 Å². The molecule has 3 rings (SSSR count). The molecule has 1 saturated carbocycles. The summed E-state index contributed by atoms with van der Waals surface area (Å²) in [5.41, 5.74) is -0.395. The number of nitrogens with one attached hydrogen (secondary N) is 2. The Morgan fingerprint density at radius 3 is 2.67 bits per heavy atom. The van der Waals surface area contributed by atoms with Gasteiger partial charge >= 0.3 is 5.69 Å². The zero-order chi connectivity index (χ0) is 22.1. The summed E-state index contributed by atoms with van der Waals surface area (Å²) in [5.74, 6) is -0.663. The first kappa shape index (κ1) is 23.0. The average Bonchev–Trinajstić information content (AvgIpc) is 3.13. The lowest BCUT2D eigenvalue weighted by Gasteiger charge is -2.24. The Morgan fingerprint density at radius 2 is 2.03 bits per heavy atom. The number of fused-ring (bicyclic) bond motifs is 1. The first-order valence-corrected chi connectivity index (χ1v) is 11.3. The maximum absolute atomic E-state index is 12.6. The number of thioether (sulfide) groups is 1. The molecule has 30 heavy (non-hydrogen) atoms. The number of amides is 1. The van der Waals surface area contributed by atoms with Crippen molar-refractivity contribution in [1.29, 1.82) is 0 Å². The highest BCUT2D eigenvalue weighted by atomic mass is 35.5. The van der Waals surface area contributed by atoms with Crippen LogP contribution in [0, 0.1) is 16.0 Å². The fraction of sp³-hybridized carbons (Fsp3) is 0.722. The zero-order valence-corrected chi connectivity index (χ0v) is 18.9. The molecule has 1 aliphatic heterocycles. The van der Waals surface area contributed by atoms with Crippen molar-refractivity contribution in [3.8, 4) is 0 Å². The Balaban J connectivity index is 1.91. The van der Waals surface area contributed by atoms with Crippen LogP contribution in [0.5, 0.6) is 0 Å². The largest absolute Gasteiger partial charge is 0.359 e. The van der Waals surface area contributed by atoms with Gasteiger partial charge in [0.2, 0.25) is 16.9 Å². The van der Waals surface area contributed by atoms with Gasteiger partial charge in [0.1, 0.15) is 12.2 Å². The molecule has 0 bridgehead atoms. The van der Waals surface area contributed by atoms with Crippen LogP contribution in [0.25, 0.3) is 0 Å². The van der Waals surface area contributed by atoms with E-state index < -0.39 is 40.6 Å². The molecule has 0 spiro atoms. The normalized spacial score (nSPS) is 27.0. The molecule has 10 nitrogen and oxygen atoms in total. The van der Waals surface area contributed by atoms with Gasteiger partial charge in [-0.1, -0.05) is 30.3 Å². The molecule has 4 atom stereocenters. The summed E-state index contributed by atoms with van der Waals surface area (Å²) >= 11 is 7.47. The predicted octanol–water partition coefficient (Wildman–Crippen LogP) is 3.00. The van der Waals surface area contributed by atoms with Gasteiger partial charge in [-0.3, -0.25) is 14.9 Å². The molecular formula is C18H26ClN5O5S. The number of carbonyl (C=O) groups excluding carboxylic acids is 1. The summed E-state index contributed by atoms with van der Waals surface area (Å²) < 4.78 is 12.0. The van der Waals surface area contributed by atoms with E-state index in [1.807, 2.05) is 13.8 Å². The topological polar surface area (TPSA) is 129 Å². The number of ether oxygens (including phenoxy) is 2. The van der Waals surface area contributed by atoms with Crippen LogP contribution in [-0.4, -0.2) is 57.1 Å². The van der Waals surface area contributed by atoms with Crippen LogP contribution in [0.4, 0.5) is 11.5 Å². The van der Waals surface area contributed by atoms with E-state index in [2.05, 4.69) is 20.6 Å². The molecular weight excluding hydrogens is 434 g/mol. The summed E-state index contributed by atoms with van der Waals surface area (Å²) in [7, 11) is 0. The third-order valence-corrected chi connectivity index (χ3v) is 6.23. The van der Waals surface area contributed by atoms with Gasteiger partial charge < -0.3 is 20.1 Å². The summed E-state index contributed by atoms with van der Waals surface area (Å²) in [6, 6.07) is -0.418. The molecule has 1 aromatic rings. The number of rotatable bonds is 8. The molecule has 2 aliphatic rings. The second kappa shape index (κ2) is 9.21. The number of halogens is 1. The summed E-state index contributed by atoms with van der Waals surface area (Å²) in [6.07, 6.45) is 0.349. The maximum atomic E-state index is 12.6. The van der Waals surface area contributed by atoms with Crippen LogP contribution >= 0.6 is 23.4 Å². The Hall–Kier alpha value is -1.69. The van der Waals surface area contributed by atoms with E-state index in [9.17, 15) is 14.9 Å². The molecule has 2 N–H and O–H groups in total. The van der Waals surface area contributed by atoms with Crippen LogP contribution in [0.15, 0.2) is 5.16 Å². The first-order chi connectivity index (χ1) is 14.2. The van der Waals surface area contributed by atoms with Gasteiger partial charge in [0.05, 0.1) is 16.9 Å². The molecule has 166 valence electrons.